The molecule has 2 atom stereocenters. The van der Waals surface area contributed by atoms with Gasteiger partial charge in [0.05, 0.1) is 11.0 Å². The van der Waals surface area contributed by atoms with Gasteiger partial charge in [-0.3, -0.25) is 10.1 Å². The van der Waals surface area contributed by atoms with Gasteiger partial charge in [0.25, 0.3) is 0 Å². The first-order valence-electron chi connectivity index (χ1n) is 6.99. The predicted molar refractivity (Wildman–Crippen MR) is 76.0 cm³/mol. The fraction of sp³-hybridized carbons (Fsp3) is 0.769. The van der Waals surface area contributed by atoms with Crippen molar-refractivity contribution in [3.05, 3.63) is 15.8 Å². The van der Waals surface area contributed by atoms with E-state index < -0.39 is 0 Å². The zero-order valence-corrected chi connectivity index (χ0v) is 12.4. The van der Waals surface area contributed by atoms with E-state index in [1.54, 1.807) is 11.6 Å². The van der Waals surface area contributed by atoms with Gasteiger partial charge >= 0.3 is 5.69 Å². The lowest BCUT2D eigenvalue weighted by Gasteiger charge is -2.35. The molecule has 2 unspecified atom stereocenters. The Bertz CT molecular complexity index is 512. The van der Waals surface area contributed by atoms with E-state index in [1.165, 1.54) is 0 Å². The zero-order valence-electron chi connectivity index (χ0n) is 12.4. The monoisotopic (exact) mass is 282 g/mol. The van der Waals surface area contributed by atoms with Gasteiger partial charge < -0.3 is 10.0 Å². The van der Waals surface area contributed by atoms with E-state index in [0.29, 0.717) is 31.0 Å². The Hall–Kier alpha value is -1.63. The third kappa shape index (κ3) is 2.49. The Morgan fingerprint density at radius 1 is 1.50 bits per heavy atom. The summed E-state index contributed by atoms with van der Waals surface area (Å²) in [5.41, 5.74) is 0.528. The molecule has 1 fully saturated rings. The van der Waals surface area contributed by atoms with Crippen LogP contribution in [0.25, 0.3) is 0 Å². The first kappa shape index (κ1) is 14.8. The Labute approximate surface area is 118 Å². The number of nitro groups is 1. The molecule has 0 saturated carbocycles. The van der Waals surface area contributed by atoms with Gasteiger partial charge in [0.1, 0.15) is 5.69 Å². The highest BCUT2D eigenvalue weighted by Gasteiger charge is 2.34. The molecule has 0 spiro atoms. The van der Waals surface area contributed by atoms with E-state index in [4.69, 9.17) is 0 Å². The molecule has 7 nitrogen and oxygen atoms in total. The zero-order chi connectivity index (χ0) is 15.0. The summed E-state index contributed by atoms with van der Waals surface area (Å²) < 4.78 is 1.72. The molecular weight excluding hydrogens is 260 g/mol. The standard InChI is InChI=1S/C13H22N4O3/c1-8(2)16-13(12(17(19)20)10(4)14-16)15-6-5-11(18)9(3)7-15/h8-9,11,18H,5-7H2,1-4H3. The van der Waals surface area contributed by atoms with Crippen molar-refractivity contribution in [2.24, 2.45) is 5.92 Å². The topological polar surface area (TPSA) is 84.4 Å². The SMILES string of the molecule is Cc1nn(C(C)C)c(N2CCC(O)C(C)C2)c1[N+](=O)[O-]. The molecule has 1 aliphatic heterocycles. The fourth-order valence-electron chi connectivity index (χ4n) is 2.72. The van der Waals surface area contributed by atoms with Crippen LogP contribution in [0.2, 0.25) is 0 Å². The number of rotatable bonds is 3. The molecule has 2 heterocycles. The number of aliphatic hydroxyl groups excluding tert-OH is 1. The average molecular weight is 282 g/mol. The summed E-state index contributed by atoms with van der Waals surface area (Å²) in [6, 6.07) is 0.0551. The van der Waals surface area contributed by atoms with Crippen LogP contribution in [0, 0.1) is 23.0 Å². The van der Waals surface area contributed by atoms with Crippen molar-refractivity contribution >= 4 is 11.5 Å². The van der Waals surface area contributed by atoms with Gasteiger partial charge in [-0.1, -0.05) is 6.92 Å². The lowest BCUT2D eigenvalue weighted by molar-refractivity contribution is -0.384. The lowest BCUT2D eigenvalue weighted by Crippen LogP contribution is -2.43. The molecule has 0 aromatic carbocycles. The molecule has 0 amide bonds. The number of aromatic nitrogens is 2. The third-order valence-corrected chi connectivity index (χ3v) is 3.86. The number of aliphatic hydroxyl groups is 1. The van der Waals surface area contributed by atoms with E-state index >= 15 is 0 Å². The quantitative estimate of drug-likeness (QED) is 0.676. The number of nitrogens with zero attached hydrogens (tertiary/aromatic N) is 4. The molecule has 112 valence electrons. The molecule has 20 heavy (non-hydrogen) atoms. The number of aryl methyl sites for hydroxylation is 1. The average Bonchev–Trinajstić information content (AvgIpc) is 2.70. The van der Waals surface area contributed by atoms with Crippen molar-refractivity contribution in [2.75, 3.05) is 18.0 Å². The summed E-state index contributed by atoms with van der Waals surface area (Å²) in [5.74, 6) is 0.667. The Morgan fingerprint density at radius 3 is 2.65 bits per heavy atom. The lowest BCUT2D eigenvalue weighted by atomic mass is 9.97. The molecule has 1 aliphatic rings. The van der Waals surface area contributed by atoms with Crippen LogP contribution in [-0.2, 0) is 0 Å². The first-order valence-corrected chi connectivity index (χ1v) is 6.99. The highest BCUT2D eigenvalue weighted by molar-refractivity contribution is 5.62. The Morgan fingerprint density at radius 2 is 2.15 bits per heavy atom. The van der Waals surface area contributed by atoms with Crippen LogP contribution >= 0.6 is 0 Å². The second-order valence-electron chi connectivity index (χ2n) is 5.83. The van der Waals surface area contributed by atoms with E-state index in [2.05, 4.69) is 5.10 Å². The van der Waals surface area contributed by atoms with Crippen LogP contribution in [0.4, 0.5) is 11.5 Å². The molecule has 0 aliphatic carbocycles. The van der Waals surface area contributed by atoms with Gasteiger partial charge in [0.2, 0.25) is 5.82 Å². The van der Waals surface area contributed by atoms with E-state index in [0.717, 1.165) is 0 Å². The highest BCUT2D eigenvalue weighted by atomic mass is 16.6. The minimum Gasteiger partial charge on any atom is -0.393 e. The van der Waals surface area contributed by atoms with E-state index in [1.807, 2.05) is 25.7 Å². The van der Waals surface area contributed by atoms with Crippen molar-refractivity contribution in [2.45, 2.75) is 46.3 Å². The molecule has 1 aromatic heterocycles. The van der Waals surface area contributed by atoms with Crippen molar-refractivity contribution in [1.29, 1.82) is 0 Å². The number of hydrogen-bond acceptors (Lipinski definition) is 5. The largest absolute Gasteiger partial charge is 0.393 e. The molecule has 2 rings (SSSR count). The van der Waals surface area contributed by atoms with Crippen molar-refractivity contribution in [1.82, 2.24) is 9.78 Å². The van der Waals surface area contributed by atoms with Crippen LogP contribution < -0.4 is 4.90 Å². The van der Waals surface area contributed by atoms with Gasteiger partial charge in [-0.05, 0) is 33.1 Å². The second kappa shape index (κ2) is 5.40. The molecule has 0 bridgehead atoms. The summed E-state index contributed by atoms with van der Waals surface area (Å²) in [6.07, 6.45) is 0.294. The van der Waals surface area contributed by atoms with E-state index in [9.17, 15) is 15.2 Å². The maximum absolute atomic E-state index is 11.3. The van der Waals surface area contributed by atoms with Crippen LogP contribution in [0.5, 0.6) is 0 Å². The molecule has 0 radical (unpaired) electrons. The van der Waals surface area contributed by atoms with Crippen LogP contribution in [0.1, 0.15) is 38.9 Å². The molecular formula is C13H22N4O3. The Kier molecular flexibility index (Phi) is 3.99. The smallest absolute Gasteiger partial charge is 0.333 e. The number of anilines is 1. The summed E-state index contributed by atoms with van der Waals surface area (Å²) in [7, 11) is 0. The maximum atomic E-state index is 11.3. The molecule has 1 N–H and O–H groups in total. The third-order valence-electron chi connectivity index (χ3n) is 3.86. The summed E-state index contributed by atoms with van der Waals surface area (Å²) in [5, 5.41) is 25.5. The molecule has 1 saturated heterocycles. The predicted octanol–water partition coefficient (Wildman–Crippen LogP) is 1.89. The number of hydrogen-bond donors (Lipinski definition) is 1. The normalized spacial score (nSPS) is 23.4. The Balaban J connectivity index is 2.46. The van der Waals surface area contributed by atoms with Crippen LogP contribution in [0.15, 0.2) is 0 Å². The van der Waals surface area contributed by atoms with Gasteiger partial charge in [0.15, 0.2) is 0 Å². The second-order valence-corrected chi connectivity index (χ2v) is 5.83. The van der Waals surface area contributed by atoms with Crippen molar-refractivity contribution in [3.63, 3.8) is 0 Å². The maximum Gasteiger partial charge on any atom is 0.333 e. The minimum absolute atomic E-state index is 0.0551. The summed E-state index contributed by atoms with van der Waals surface area (Å²) >= 11 is 0. The molecule has 1 aromatic rings. The van der Waals surface area contributed by atoms with Gasteiger partial charge in [-0.15, -0.1) is 0 Å². The number of piperidine rings is 1. The van der Waals surface area contributed by atoms with Gasteiger partial charge in [-0.2, -0.15) is 5.10 Å². The minimum atomic E-state index is -0.355. The van der Waals surface area contributed by atoms with Gasteiger partial charge in [-0.25, -0.2) is 4.68 Å². The fourth-order valence-corrected chi connectivity index (χ4v) is 2.72. The summed E-state index contributed by atoms with van der Waals surface area (Å²) in [6.45, 7) is 8.78. The van der Waals surface area contributed by atoms with E-state index in [-0.39, 0.29) is 28.7 Å². The molecule has 7 heteroatoms. The highest BCUT2D eigenvalue weighted by Crippen LogP contribution is 2.36. The van der Waals surface area contributed by atoms with Crippen molar-refractivity contribution in [3.8, 4) is 0 Å². The van der Waals surface area contributed by atoms with Crippen LogP contribution in [0.3, 0.4) is 0 Å². The van der Waals surface area contributed by atoms with Crippen LogP contribution in [-0.4, -0.2) is 39.0 Å². The van der Waals surface area contributed by atoms with Crippen molar-refractivity contribution < 1.29 is 10.0 Å². The first-order chi connectivity index (χ1) is 9.32. The van der Waals surface area contributed by atoms with Gasteiger partial charge in [0, 0.05) is 19.1 Å². The summed E-state index contributed by atoms with van der Waals surface area (Å²) in [4.78, 5) is 13.0.